The first kappa shape index (κ1) is 7.03. The van der Waals surface area contributed by atoms with Crippen LogP contribution in [0, 0.1) is 5.92 Å². The molecule has 0 aromatic carbocycles. The van der Waals surface area contributed by atoms with Crippen molar-refractivity contribution in [3.63, 3.8) is 0 Å². The van der Waals surface area contributed by atoms with E-state index in [2.05, 4.69) is 6.92 Å². The average molecular weight is 130 g/mol. The van der Waals surface area contributed by atoms with Gasteiger partial charge in [-0.15, -0.1) is 0 Å². The van der Waals surface area contributed by atoms with Crippen LogP contribution in [0.5, 0.6) is 0 Å². The highest BCUT2D eigenvalue weighted by atomic mass is 16.5. The van der Waals surface area contributed by atoms with Gasteiger partial charge in [0.1, 0.15) is 0 Å². The van der Waals surface area contributed by atoms with E-state index in [1.807, 2.05) is 0 Å². The minimum atomic E-state index is -1.31. The average Bonchev–Trinajstić information content (AvgIpc) is 1.81. The molecule has 1 aliphatic rings. The van der Waals surface area contributed by atoms with E-state index in [-0.39, 0.29) is 5.92 Å². The second kappa shape index (κ2) is 2.27. The molecule has 1 saturated carbocycles. The molecular weight excluding hydrogens is 116 g/mol. The molecule has 1 fully saturated rings. The third-order valence-electron chi connectivity index (χ3n) is 2.15. The van der Waals surface area contributed by atoms with Crippen LogP contribution in [-0.2, 0) is 0 Å². The number of rotatable bonds is 2. The predicted octanol–water partition coefficient (Wildman–Crippen LogP) is 0.877. The lowest BCUT2D eigenvalue weighted by Crippen LogP contribution is -2.46. The van der Waals surface area contributed by atoms with Crippen LogP contribution in [-0.4, -0.2) is 16.0 Å². The molecule has 0 spiro atoms. The Hall–Kier alpha value is -0.0800. The van der Waals surface area contributed by atoms with Crippen LogP contribution in [0.3, 0.4) is 0 Å². The summed E-state index contributed by atoms with van der Waals surface area (Å²) in [5.41, 5.74) is 0. The molecule has 0 aromatic rings. The first-order valence-electron chi connectivity index (χ1n) is 3.61. The molecule has 2 nitrogen and oxygen atoms in total. The highest BCUT2D eigenvalue weighted by Gasteiger charge is 2.42. The normalized spacial score (nSPS) is 31.7. The third-order valence-corrected chi connectivity index (χ3v) is 2.15. The van der Waals surface area contributed by atoms with Gasteiger partial charge in [-0.05, 0) is 12.8 Å². The summed E-state index contributed by atoms with van der Waals surface area (Å²) < 4.78 is 0. The molecule has 0 aliphatic heterocycles. The Labute approximate surface area is 55.5 Å². The second-order valence-electron chi connectivity index (χ2n) is 2.90. The molecule has 1 unspecified atom stereocenters. The van der Waals surface area contributed by atoms with Gasteiger partial charge in [-0.2, -0.15) is 0 Å². The summed E-state index contributed by atoms with van der Waals surface area (Å²) in [6.45, 7) is 2.06. The Bertz CT molecular complexity index is 99.1. The molecule has 1 aliphatic carbocycles. The summed E-state index contributed by atoms with van der Waals surface area (Å²) in [6.07, 6.45) is 3.55. The molecule has 1 atom stereocenters. The van der Waals surface area contributed by atoms with Gasteiger partial charge in [0.15, 0.2) is 5.79 Å². The summed E-state index contributed by atoms with van der Waals surface area (Å²) in [4.78, 5) is 0. The van der Waals surface area contributed by atoms with Crippen molar-refractivity contribution in [2.75, 3.05) is 0 Å². The molecule has 2 heteroatoms. The van der Waals surface area contributed by atoms with Crippen LogP contribution in [0.4, 0.5) is 0 Å². The lowest BCUT2D eigenvalue weighted by atomic mass is 9.76. The Morgan fingerprint density at radius 1 is 1.56 bits per heavy atom. The number of hydrogen-bond donors (Lipinski definition) is 2. The van der Waals surface area contributed by atoms with Crippen LogP contribution >= 0.6 is 0 Å². The van der Waals surface area contributed by atoms with Gasteiger partial charge < -0.3 is 10.2 Å². The van der Waals surface area contributed by atoms with Gasteiger partial charge in [-0.3, -0.25) is 0 Å². The van der Waals surface area contributed by atoms with E-state index in [0.717, 1.165) is 19.3 Å². The highest BCUT2D eigenvalue weighted by molar-refractivity contribution is 4.85. The van der Waals surface area contributed by atoms with Gasteiger partial charge in [0, 0.05) is 12.3 Å². The van der Waals surface area contributed by atoms with Gasteiger partial charge in [0.05, 0.1) is 0 Å². The molecule has 54 valence electrons. The summed E-state index contributed by atoms with van der Waals surface area (Å²) in [7, 11) is 0. The van der Waals surface area contributed by atoms with Crippen molar-refractivity contribution in [1.29, 1.82) is 0 Å². The zero-order valence-corrected chi connectivity index (χ0v) is 5.80. The first-order chi connectivity index (χ1) is 4.17. The molecule has 1 rings (SSSR count). The van der Waals surface area contributed by atoms with Gasteiger partial charge >= 0.3 is 0 Å². The van der Waals surface area contributed by atoms with Crippen LogP contribution in [0.15, 0.2) is 0 Å². The molecule has 0 aromatic heterocycles. The molecule has 0 heterocycles. The molecule has 0 radical (unpaired) electrons. The molecule has 0 bridgehead atoms. The molecule has 2 N–H and O–H groups in total. The maximum Gasteiger partial charge on any atom is 0.165 e. The zero-order valence-electron chi connectivity index (χ0n) is 5.80. The van der Waals surface area contributed by atoms with Crippen molar-refractivity contribution in [2.45, 2.75) is 38.4 Å². The maximum absolute atomic E-state index is 9.06. The van der Waals surface area contributed by atoms with Crippen LogP contribution < -0.4 is 0 Å². The molecule has 9 heavy (non-hydrogen) atoms. The first-order valence-corrected chi connectivity index (χ1v) is 3.61. The maximum atomic E-state index is 9.06. The second-order valence-corrected chi connectivity index (χ2v) is 2.90. The number of hydrogen-bond acceptors (Lipinski definition) is 2. The predicted molar refractivity (Wildman–Crippen MR) is 34.8 cm³/mol. The van der Waals surface area contributed by atoms with E-state index >= 15 is 0 Å². The Morgan fingerprint density at radius 3 is 2.33 bits per heavy atom. The lowest BCUT2D eigenvalue weighted by Gasteiger charge is -2.40. The zero-order chi connectivity index (χ0) is 6.91. The largest absolute Gasteiger partial charge is 0.365 e. The van der Waals surface area contributed by atoms with Crippen LogP contribution in [0.25, 0.3) is 0 Å². The van der Waals surface area contributed by atoms with Gasteiger partial charge in [-0.25, -0.2) is 0 Å². The molecule has 0 amide bonds. The quantitative estimate of drug-likeness (QED) is 0.545. The lowest BCUT2D eigenvalue weighted by molar-refractivity contribution is -0.255. The minimum absolute atomic E-state index is 0.155. The smallest absolute Gasteiger partial charge is 0.165 e. The van der Waals surface area contributed by atoms with E-state index in [9.17, 15) is 0 Å². The van der Waals surface area contributed by atoms with Gasteiger partial charge in [-0.1, -0.05) is 13.3 Å². The van der Waals surface area contributed by atoms with Crippen molar-refractivity contribution in [1.82, 2.24) is 0 Å². The van der Waals surface area contributed by atoms with Gasteiger partial charge in [0.25, 0.3) is 0 Å². The third kappa shape index (κ3) is 1.25. The fourth-order valence-corrected chi connectivity index (χ4v) is 1.33. The molecular formula is C7H14O2. The van der Waals surface area contributed by atoms with Crippen molar-refractivity contribution in [2.24, 2.45) is 5.92 Å². The highest BCUT2D eigenvalue weighted by Crippen LogP contribution is 2.38. The van der Waals surface area contributed by atoms with Crippen LogP contribution in [0.2, 0.25) is 0 Å². The monoisotopic (exact) mass is 130 g/mol. The van der Waals surface area contributed by atoms with Crippen LogP contribution in [0.1, 0.15) is 32.6 Å². The fourth-order valence-electron chi connectivity index (χ4n) is 1.33. The van der Waals surface area contributed by atoms with Crippen molar-refractivity contribution >= 4 is 0 Å². The van der Waals surface area contributed by atoms with E-state index in [4.69, 9.17) is 10.2 Å². The summed E-state index contributed by atoms with van der Waals surface area (Å²) in [5, 5.41) is 18.1. The van der Waals surface area contributed by atoms with E-state index in [1.54, 1.807) is 0 Å². The Balaban J connectivity index is 2.28. The van der Waals surface area contributed by atoms with E-state index in [1.165, 1.54) is 0 Å². The standard InChI is InChI=1S/C7H14O2/c1-2-3-6-4-5-7(6,8)9/h6,8-9H,2-5H2,1H3. The molecule has 0 saturated heterocycles. The minimum Gasteiger partial charge on any atom is -0.365 e. The number of aliphatic hydroxyl groups is 2. The Morgan fingerprint density at radius 2 is 2.22 bits per heavy atom. The van der Waals surface area contributed by atoms with E-state index in [0.29, 0.717) is 6.42 Å². The summed E-state index contributed by atoms with van der Waals surface area (Å²) in [6, 6.07) is 0. The summed E-state index contributed by atoms with van der Waals surface area (Å²) in [5.74, 6) is -1.15. The van der Waals surface area contributed by atoms with Crippen molar-refractivity contribution in [3.05, 3.63) is 0 Å². The summed E-state index contributed by atoms with van der Waals surface area (Å²) >= 11 is 0. The SMILES string of the molecule is CCCC1CCC1(O)O. The fraction of sp³-hybridized carbons (Fsp3) is 1.00. The van der Waals surface area contributed by atoms with E-state index < -0.39 is 5.79 Å². The topological polar surface area (TPSA) is 40.5 Å². The van der Waals surface area contributed by atoms with Crippen molar-refractivity contribution < 1.29 is 10.2 Å². The Kier molecular flexibility index (Phi) is 1.78. The van der Waals surface area contributed by atoms with Gasteiger partial charge in [0.2, 0.25) is 0 Å². The van der Waals surface area contributed by atoms with Crippen molar-refractivity contribution in [3.8, 4) is 0 Å².